The van der Waals surface area contributed by atoms with Crippen molar-refractivity contribution in [2.24, 2.45) is 0 Å². The molecule has 1 heterocycles. The van der Waals surface area contributed by atoms with Crippen LogP contribution < -0.4 is 0 Å². The van der Waals surface area contributed by atoms with E-state index in [2.05, 4.69) is 4.74 Å². The number of benzene rings is 1. The van der Waals surface area contributed by atoms with E-state index in [1.807, 2.05) is 0 Å². The molecule has 0 saturated heterocycles. The highest BCUT2D eigenvalue weighted by molar-refractivity contribution is 7.87. The molecule has 1 aliphatic heterocycles. The van der Waals surface area contributed by atoms with Crippen molar-refractivity contribution in [2.45, 2.75) is 52.6 Å². The third-order valence-corrected chi connectivity index (χ3v) is 7.02. The predicted octanol–water partition coefficient (Wildman–Crippen LogP) is 6.81. The van der Waals surface area contributed by atoms with Gasteiger partial charge >= 0.3 is 68.7 Å². The van der Waals surface area contributed by atoms with Crippen LogP contribution in [0.1, 0.15) is 15.9 Å². The highest BCUT2D eigenvalue weighted by Gasteiger charge is 2.98. The molecule has 0 bridgehead atoms. The lowest BCUT2D eigenvalue weighted by molar-refractivity contribution is -0.465. The third kappa shape index (κ3) is 3.93. The first-order valence-electron chi connectivity index (χ1n) is 9.44. The summed E-state index contributed by atoms with van der Waals surface area (Å²) in [5, 5.41) is 0. The standard InChI is InChI=1S/C16F22O5S/c17-3-1-2(4(18)6(20)5(3)19)8(42-7(1)39,44(40,41)43-38)9(21,22)10(23,24)11(25,26)12(27,28)13(29,30)14(31,32)15(33,34)16(35,36)37. The maximum atomic E-state index is 15.0. The number of hydrogen-bond acceptors (Lipinski definition) is 5. The van der Waals surface area contributed by atoms with Crippen molar-refractivity contribution in [3.63, 3.8) is 0 Å². The minimum atomic E-state index is -9.38. The Hall–Kier alpha value is -2.94. The molecule has 0 aromatic heterocycles. The number of carbonyl (C=O) groups excluding carboxylic acids is 1. The first-order valence-corrected chi connectivity index (χ1v) is 10.8. The zero-order valence-electron chi connectivity index (χ0n) is 18.8. The van der Waals surface area contributed by atoms with E-state index in [9.17, 15) is 101 Å². The Balaban J connectivity index is 3.08. The molecular weight excluding hydrogens is 722 g/mol. The molecule has 0 fully saturated rings. The van der Waals surface area contributed by atoms with Crippen molar-refractivity contribution in [3.05, 3.63) is 34.4 Å². The summed E-state index contributed by atoms with van der Waals surface area (Å²) in [7, 11) is -8.25. The van der Waals surface area contributed by atoms with E-state index in [1.54, 1.807) is 4.39 Å². The predicted molar refractivity (Wildman–Crippen MR) is 85.2 cm³/mol. The summed E-state index contributed by atoms with van der Waals surface area (Å²) in [5.74, 6) is -81.5. The second-order valence-corrected chi connectivity index (χ2v) is 9.66. The van der Waals surface area contributed by atoms with Crippen LogP contribution in [0.5, 0.6) is 0 Å². The second-order valence-electron chi connectivity index (χ2n) is 8.05. The molecule has 0 amide bonds. The lowest BCUT2D eigenvalue weighted by Crippen LogP contribution is -2.76. The number of esters is 1. The first-order chi connectivity index (χ1) is 19.1. The van der Waals surface area contributed by atoms with Gasteiger partial charge in [0.15, 0.2) is 23.3 Å². The fraction of sp³-hybridized carbons (Fsp3) is 0.562. The van der Waals surface area contributed by atoms with Crippen LogP contribution in [-0.2, 0) is 24.2 Å². The van der Waals surface area contributed by atoms with Crippen LogP contribution in [-0.4, -0.2) is 62.0 Å². The largest absolute Gasteiger partial charge is 0.460 e. The minimum Gasteiger partial charge on any atom is -0.424 e. The van der Waals surface area contributed by atoms with Crippen LogP contribution in [0.4, 0.5) is 96.7 Å². The second kappa shape index (κ2) is 9.54. The molecule has 5 nitrogen and oxygen atoms in total. The van der Waals surface area contributed by atoms with Gasteiger partial charge in [0, 0.05) is 0 Å². The number of cyclic esters (lactones) is 1. The Kier molecular flexibility index (Phi) is 8.07. The molecule has 28 heteroatoms. The van der Waals surface area contributed by atoms with Gasteiger partial charge in [0.1, 0.15) is 5.56 Å². The molecule has 1 unspecified atom stereocenters. The summed E-state index contributed by atoms with van der Waals surface area (Å²) in [6.07, 6.45) is -8.13. The average molecular weight is 722 g/mol. The van der Waals surface area contributed by atoms with E-state index in [4.69, 9.17) is 0 Å². The fourth-order valence-corrected chi connectivity index (χ4v) is 4.48. The summed E-state index contributed by atoms with van der Waals surface area (Å²) >= 11 is 0. The van der Waals surface area contributed by atoms with Crippen molar-refractivity contribution in [3.8, 4) is 0 Å². The molecule has 0 spiro atoms. The van der Waals surface area contributed by atoms with Crippen LogP contribution in [0.3, 0.4) is 0 Å². The number of fused-ring (bicyclic) bond motifs is 1. The van der Waals surface area contributed by atoms with Crippen molar-refractivity contribution in [1.29, 1.82) is 0 Å². The molecular formula is C16F22O5S. The molecule has 1 aliphatic rings. The maximum Gasteiger partial charge on any atom is 0.460 e. The SMILES string of the molecule is O=C1OC(C(F)(F)C(F)(F)C(F)(F)C(F)(F)C(F)(F)C(F)(F)C(F)(F)C(F)(F)F)(S(=O)(=O)OF)c2c(F)c(F)c(F)c(F)c21. The Bertz CT molecular complexity index is 1480. The summed E-state index contributed by atoms with van der Waals surface area (Å²) in [5.41, 5.74) is -7.10. The third-order valence-electron chi connectivity index (χ3n) is 5.61. The Labute approximate surface area is 223 Å². The van der Waals surface area contributed by atoms with E-state index in [1.165, 1.54) is 0 Å². The van der Waals surface area contributed by atoms with Crippen LogP contribution in [0.25, 0.3) is 0 Å². The van der Waals surface area contributed by atoms with Gasteiger partial charge in [0.2, 0.25) is 0 Å². The molecule has 0 radical (unpaired) electrons. The van der Waals surface area contributed by atoms with Crippen molar-refractivity contribution < 1.29 is 119 Å². The van der Waals surface area contributed by atoms with Gasteiger partial charge in [-0.1, -0.05) is 4.39 Å². The molecule has 0 N–H and O–H groups in total. The molecule has 0 saturated carbocycles. The minimum absolute atomic E-state index is 1.63. The van der Waals surface area contributed by atoms with Gasteiger partial charge in [0.05, 0.1) is 5.56 Å². The van der Waals surface area contributed by atoms with Crippen molar-refractivity contribution >= 4 is 16.1 Å². The zero-order chi connectivity index (χ0) is 35.5. The van der Waals surface area contributed by atoms with Gasteiger partial charge in [-0.2, -0.15) is 83.1 Å². The number of alkyl halides is 17. The molecule has 0 aliphatic carbocycles. The Morgan fingerprint density at radius 2 is 0.886 bits per heavy atom. The average Bonchev–Trinajstić information content (AvgIpc) is 3.19. The molecule has 254 valence electrons. The fourth-order valence-electron chi connectivity index (χ4n) is 3.33. The van der Waals surface area contributed by atoms with E-state index < -0.39 is 103 Å². The van der Waals surface area contributed by atoms with Gasteiger partial charge in [0.25, 0.3) is 0 Å². The van der Waals surface area contributed by atoms with Crippen molar-refractivity contribution in [1.82, 2.24) is 0 Å². The summed E-state index contributed by atoms with van der Waals surface area (Å²) in [4.78, 5) is 4.60. The zero-order valence-corrected chi connectivity index (χ0v) is 19.6. The van der Waals surface area contributed by atoms with Gasteiger partial charge in [-0.25, -0.2) is 22.4 Å². The van der Waals surface area contributed by atoms with Crippen molar-refractivity contribution in [2.75, 3.05) is 0 Å². The van der Waals surface area contributed by atoms with Gasteiger partial charge < -0.3 is 4.74 Å². The highest BCUT2D eigenvalue weighted by Crippen LogP contribution is 2.67. The van der Waals surface area contributed by atoms with Gasteiger partial charge in [-0.3, -0.25) is 0 Å². The highest BCUT2D eigenvalue weighted by atomic mass is 32.2. The monoisotopic (exact) mass is 722 g/mol. The first kappa shape index (κ1) is 37.2. The van der Waals surface area contributed by atoms with E-state index in [0.29, 0.717) is 0 Å². The molecule has 1 aromatic carbocycles. The summed E-state index contributed by atoms with van der Waals surface area (Å²) < 4.78 is 328. The van der Waals surface area contributed by atoms with Crippen LogP contribution in [0.2, 0.25) is 0 Å². The topological polar surface area (TPSA) is 69.7 Å². The smallest absolute Gasteiger partial charge is 0.424 e. The molecule has 44 heavy (non-hydrogen) atoms. The number of ether oxygens (including phenoxy) is 1. The lowest BCUT2D eigenvalue weighted by Gasteiger charge is -2.45. The van der Waals surface area contributed by atoms with Crippen LogP contribution >= 0.6 is 0 Å². The lowest BCUT2D eigenvalue weighted by atomic mass is 9.85. The van der Waals surface area contributed by atoms with Gasteiger partial charge in [-0.05, 0) is 4.53 Å². The number of halogens is 22. The number of rotatable bonds is 9. The Morgan fingerprint density at radius 3 is 1.25 bits per heavy atom. The van der Waals surface area contributed by atoms with Crippen LogP contribution in [0, 0.1) is 23.3 Å². The van der Waals surface area contributed by atoms with E-state index in [0.717, 1.165) is 0 Å². The quantitative estimate of drug-likeness (QED) is 0.121. The van der Waals surface area contributed by atoms with E-state index >= 15 is 8.78 Å². The maximum absolute atomic E-state index is 15.0. The summed E-state index contributed by atoms with van der Waals surface area (Å²) in [6, 6.07) is 0. The summed E-state index contributed by atoms with van der Waals surface area (Å²) in [6.45, 7) is 0. The van der Waals surface area contributed by atoms with Gasteiger partial charge in [-0.15, -0.1) is 0 Å². The molecule has 1 atom stereocenters. The Morgan fingerprint density at radius 1 is 0.545 bits per heavy atom. The normalized spacial score (nSPS) is 19.7. The van der Waals surface area contributed by atoms with Crippen LogP contribution in [0.15, 0.2) is 0 Å². The molecule has 1 aromatic rings. The number of hydrogen-bond donors (Lipinski definition) is 0. The molecule has 2 rings (SSSR count). The van der Waals surface area contributed by atoms with E-state index in [-0.39, 0.29) is 0 Å². The number of carbonyl (C=O) groups is 1.